The Labute approximate surface area is 127 Å². The first kappa shape index (κ1) is 15.7. The Morgan fingerprint density at radius 3 is 2.64 bits per heavy atom. The van der Waals surface area contributed by atoms with Gasteiger partial charge in [0, 0.05) is 32.3 Å². The van der Waals surface area contributed by atoms with Crippen LogP contribution in [-0.4, -0.2) is 43.5 Å². The molecule has 1 fully saturated rings. The van der Waals surface area contributed by atoms with Crippen molar-refractivity contribution in [3.05, 3.63) is 33.9 Å². The third-order valence-electron chi connectivity index (χ3n) is 3.17. The van der Waals surface area contributed by atoms with Crippen molar-refractivity contribution in [1.82, 2.24) is 5.32 Å². The number of benzene rings is 1. The minimum Gasteiger partial charge on any atom is -0.452 e. The molecule has 0 unspecified atom stereocenters. The average Bonchev–Trinajstić information content (AvgIpc) is 3.27. The number of nitro benzene ring substituents is 1. The molecule has 1 N–H and O–H groups in total. The zero-order chi connectivity index (χ0) is 16.3. The topological polar surface area (TPSA) is 102 Å². The first-order valence-electron chi connectivity index (χ1n) is 6.80. The highest BCUT2D eigenvalue weighted by atomic mass is 16.6. The predicted octanol–water partition coefficient (Wildman–Crippen LogP) is 1.10. The van der Waals surface area contributed by atoms with Gasteiger partial charge in [-0.25, -0.2) is 4.79 Å². The molecule has 2 rings (SSSR count). The molecule has 0 bridgehead atoms. The Morgan fingerprint density at radius 1 is 1.41 bits per heavy atom. The molecule has 8 heteroatoms. The lowest BCUT2D eigenvalue weighted by atomic mass is 10.1. The van der Waals surface area contributed by atoms with Gasteiger partial charge in [-0.05, 0) is 18.9 Å². The van der Waals surface area contributed by atoms with Gasteiger partial charge in [0.2, 0.25) is 0 Å². The Morgan fingerprint density at radius 2 is 2.09 bits per heavy atom. The number of hydrogen-bond acceptors (Lipinski definition) is 6. The highest BCUT2D eigenvalue weighted by Gasteiger charge is 2.24. The number of esters is 1. The van der Waals surface area contributed by atoms with Crippen LogP contribution in [0.5, 0.6) is 0 Å². The monoisotopic (exact) mass is 307 g/mol. The van der Waals surface area contributed by atoms with Crippen molar-refractivity contribution in [2.75, 3.05) is 25.6 Å². The molecule has 118 valence electrons. The summed E-state index contributed by atoms with van der Waals surface area (Å²) in [5, 5.41) is 13.5. The van der Waals surface area contributed by atoms with Crippen molar-refractivity contribution in [3.63, 3.8) is 0 Å². The minimum absolute atomic E-state index is 0.0541. The Balaban J connectivity index is 2.10. The van der Waals surface area contributed by atoms with Crippen LogP contribution in [0.25, 0.3) is 0 Å². The van der Waals surface area contributed by atoms with E-state index in [4.69, 9.17) is 4.74 Å². The number of ether oxygens (including phenoxy) is 1. The van der Waals surface area contributed by atoms with Crippen LogP contribution in [0, 0.1) is 10.1 Å². The second-order valence-corrected chi connectivity index (χ2v) is 5.27. The molecule has 1 aliphatic carbocycles. The quantitative estimate of drug-likeness (QED) is 0.479. The summed E-state index contributed by atoms with van der Waals surface area (Å²) < 4.78 is 4.94. The van der Waals surface area contributed by atoms with Crippen LogP contribution < -0.4 is 10.2 Å². The number of nitrogens with one attached hydrogen (secondary N) is 1. The number of carbonyl (C=O) groups excluding carboxylic acids is 2. The fourth-order valence-corrected chi connectivity index (χ4v) is 1.90. The number of carbonyl (C=O) groups is 2. The fourth-order valence-electron chi connectivity index (χ4n) is 1.90. The molecule has 0 heterocycles. The van der Waals surface area contributed by atoms with E-state index < -0.39 is 17.5 Å². The number of hydrogen-bond donors (Lipinski definition) is 1. The molecule has 0 aromatic heterocycles. The van der Waals surface area contributed by atoms with E-state index in [0.29, 0.717) is 5.69 Å². The first-order valence-corrected chi connectivity index (χ1v) is 6.80. The minimum atomic E-state index is -0.765. The highest BCUT2D eigenvalue weighted by molar-refractivity contribution is 5.97. The van der Waals surface area contributed by atoms with Crippen molar-refractivity contribution < 1.29 is 19.2 Å². The summed E-state index contributed by atoms with van der Waals surface area (Å²) in [4.78, 5) is 35.5. The number of non-ortho nitro benzene ring substituents is 1. The maximum atomic E-state index is 12.1. The first-order chi connectivity index (χ1) is 10.4. The summed E-state index contributed by atoms with van der Waals surface area (Å²) in [6.45, 7) is -0.398. The van der Waals surface area contributed by atoms with Crippen molar-refractivity contribution in [3.8, 4) is 0 Å². The Kier molecular flexibility index (Phi) is 4.59. The number of nitrogens with zero attached hydrogens (tertiary/aromatic N) is 2. The Bertz CT molecular complexity index is 610. The van der Waals surface area contributed by atoms with Crippen LogP contribution in [0.15, 0.2) is 18.2 Å². The third-order valence-corrected chi connectivity index (χ3v) is 3.17. The van der Waals surface area contributed by atoms with Gasteiger partial charge in [0.25, 0.3) is 11.6 Å². The van der Waals surface area contributed by atoms with Crippen LogP contribution in [-0.2, 0) is 9.53 Å². The largest absolute Gasteiger partial charge is 0.452 e. The second kappa shape index (κ2) is 6.42. The van der Waals surface area contributed by atoms with Gasteiger partial charge in [-0.1, -0.05) is 0 Å². The molecule has 1 saturated carbocycles. The molecule has 8 nitrogen and oxygen atoms in total. The van der Waals surface area contributed by atoms with Gasteiger partial charge >= 0.3 is 5.97 Å². The van der Waals surface area contributed by atoms with Gasteiger partial charge in [0.1, 0.15) is 0 Å². The van der Waals surface area contributed by atoms with E-state index >= 15 is 0 Å². The average molecular weight is 307 g/mol. The fraction of sp³-hybridized carbons (Fsp3) is 0.429. The smallest absolute Gasteiger partial charge is 0.341 e. The molecule has 0 atom stereocenters. The Hall–Kier alpha value is -2.64. The van der Waals surface area contributed by atoms with Crippen molar-refractivity contribution in [1.29, 1.82) is 0 Å². The summed E-state index contributed by atoms with van der Waals surface area (Å²) in [5.74, 6) is -1.13. The molecule has 1 amide bonds. The molecular weight excluding hydrogens is 290 g/mol. The lowest BCUT2D eigenvalue weighted by Gasteiger charge is -2.16. The van der Waals surface area contributed by atoms with Gasteiger partial charge in [0.15, 0.2) is 6.61 Å². The maximum Gasteiger partial charge on any atom is 0.341 e. The number of amides is 1. The number of rotatable bonds is 6. The maximum absolute atomic E-state index is 12.1. The predicted molar refractivity (Wildman–Crippen MR) is 78.9 cm³/mol. The molecule has 0 saturated heterocycles. The number of anilines is 1. The van der Waals surface area contributed by atoms with Crippen LogP contribution >= 0.6 is 0 Å². The molecular formula is C14H17N3O5. The molecule has 1 aromatic rings. The van der Waals surface area contributed by atoms with Crippen LogP contribution in [0.2, 0.25) is 0 Å². The van der Waals surface area contributed by atoms with E-state index in [9.17, 15) is 19.7 Å². The summed E-state index contributed by atoms with van der Waals surface area (Å²) in [6.07, 6.45) is 1.88. The van der Waals surface area contributed by atoms with Gasteiger partial charge < -0.3 is 15.0 Å². The molecule has 0 spiro atoms. The SMILES string of the molecule is CN(C)c1ccc([N+](=O)[O-])cc1C(=O)OCC(=O)NC1CC1. The molecule has 0 aliphatic heterocycles. The van der Waals surface area contributed by atoms with Crippen molar-refractivity contribution >= 4 is 23.3 Å². The third kappa shape index (κ3) is 3.94. The van der Waals surface area contributed by atoms with E-state index in [1.54, 1.807) is 19.0 Å². The van der Waals surface area contributed by atoms with Crippen molar-refractivity contribution in [2.45, 2.75) is 18.9 Å². The lowest BCUT2D eigenvalue weighted by molar-refractivity contribution is -0.384. The molecule has 22 heavy (non-hydrogen) atoms. The molecule has 1 aliphatic rings. The van der Waals surface area contributed by atoms with E-state index in [1.165, 1.54) is 12.1 Å². The van der Waals surface area contributed by atoms with Gasteiger partial charge in [0.05, 0.1) is 16.2 Å². The van der Waals surface area contributed by atoms with Crippen LogP contribution in [0.3, 0.4) is 0 Å². The normalized spacial score (nSPS) is 13.4. The summed E-state index contributed by atoms with van der Waals surface area (Å²) >= 11 is 0. The molecule has 1 aromatic carbocycles. The summed E-state index contributed by atoms with van der Waals surface area (Å²) in [7, 11) is 3.41. The standard InChI is InChI=1S/C14H17N3O5/c1-16(2)12-6-5-10(17(20)21)7-11(12)14(19)22-8-13(18)15-9-3-4-9/h5-7,9H,3-4,8H2,1-2H3,(H,15,18). The van der Waals surface area contributed by atoms with E-state index in [1.807, 2.05) is 0 Å². The van der Waals surface area contributed by atoms with E-state index in [0.717, 1.165) is 18.9 Å². The zero-order valence-corrected chi connectivity index (χ0v) is 12.4. The zero-order valence-electron chi connectivity index (χ0n) is 12.4. The number of nitro groups is 1. The summed E-state index contributed by atoms with van der Waals surface area (Å²) in [5.41, 5.74) is 0.330. The van der Waals surface area contributed by atoms with Crippen molar-refractivity contribution in [2.24, 2.45) is 0 Å². The van der Waals surface area contributed by atoms with Crippen LogP contribution in [0.4, 0.5) is 11.4 Å². The molecule has 0 radical (unpaired) electrons. The van der Waals surface area contributed by atoms with E-state index in [-0.39, 0.29) is 23.2 Å². The van der Waals surface area contributed by atoms with E-state index in [2.05, 4.69) is 5.32 Å². The lowest BCUT2D eigenvalue weighted by Crippen LogP contribution is -2.30. The van der Waals surface area contributed by atoms with Gasteiger partial charge in [-0.15, -0.1) is 0 Å². The van der Waals surface area contributed by atoms with Gasteiger partial charge in [-0.2, -0.15) is 0 Å². The second-order valence-electron chi connectivity index (χ2n) is 5.27. The van der Waals surface area contributed by atoms with Crippen LogP contribution in [0.1, 0.15) is 23.2 Å². The summed E-state index contributed by atoms with van der Waals surface area (Å²) in [6, 6.07) is 4.11. The highest BCUT2D eigenvalue weighted by Crippen LogP contribution is 2.25. The van der Waals surface area contributed by atoms with Gasteiger partial charge in [-0.3, -0.25) is 14.9 Å².